The van der Waals surface area contributed by atoms with Gasteiger partial charge in [-0.2, -0.15) is 0 Å². The maximum atomic E-state index is 13.2. The lowest BCUT2D eigenvalue weighted by Gasteiger charge is -2.34. The van der Waals surface area contributed by atoms with Gasteiger partial charge in [-0.05, 0) is 12.1 Å². The number of Topliss-reactive ketones (excluding diaryl/α,β-unsaturated/α-hetero) is 1. The molecule has 10 heteroatoms. The van der Waals surface area contributed by atoms with Crippen LogP contribution in [0.3, 0.4) is 0 Å². The predicted molar refractivity (Wildman–Crippen MR) is 125 cm³/mol. The van der Waals surface area contributed by atoms with Gasteiger partial charge in [-0.1, -0.05) is 29.8 Å². The van der Waals surface area contributed by atoms with Crippen LogP contribution in [0.1, 0.15) is 21.8 Å². The number of pyridine rings is 1. The standard InChI is InChI=1S/C24H21ClN6O3/c25-17-13-29-20(18-14-26-6-7-27-18)21-19(17)16(12-28-21)22(32)24(34)31-10-8-30(9-11-31)23(33)15-4-2-1-3-5-15/h1-7,13-14,16,28H,8-12H2. The van der Waals surface area contributed by atoms with Gasteiger partial charge in [0.15, 0.2) is 0 Å². The third kappa shape index (κ3) is 3.99. The summed E-state index contributed by atoms with van der Waals surface area (Å²) in [5.74, 6) is -1.91. The minimum atomic E-state index is -0.725. The van der Waals surface area contributed by atoms with Gasteiger partial charge in [0.1, 0.15) is 11.4 Å². The highest BCUT2D eigenvalue weighted by Crippen LogP contribution is 2.42. The summed E-state index contributed by atoms with van der Waals surface area (Å²) in [6.07, 6.45) is 6.16. The van der Waals surface area contributed by atoms with E-state index in [-0.39, 0.29) is 12.5 Å². The molecule has 9 nitrogen and oxygen atoms in total. The Bertz CT molecular complexity index is 1250. The number of amides is 2. The predicted octanol–water partition coefficient (Wildman–Crippen LogP) is 2.25. The van der Waals surface area contributed by atoms with E-state index in [0.717, 1.165) is 0 Å². The van der Waals surface area contributed by atoms with E-state index >= 15 is 0 Å². The number of nitrogens with one attached hydrogen (secondary N) is 1. The Morgan fingerprint density at radius 2 is 1.68 bits per heavy atom. The Morgan fingerprint density at radius 3 is 2.38 bits per heavy atom. The van der Waals surface area contributed by atoms with Crippen molar-refractivity contribution in [2.24, 2.45) is 0 Å². The van der Waals surface area contributed by atoms with Crippen LogP contribution in [-0.4, -0.2) is 75.1 Å². The van der Waals surface area contributed by atoms with E-state index < -0.39 is 17.6 Å². The van der Waals surface area contributed by atoms with Crippen molar-refractivity contribution in [3.05, 3.63) is 71.3 Å². The Labute approximate surface area is 200 Å². The lowest BCUT2D eigenvalue weighted by molar-refractivity contribution is -0.146. The number of ketones is 1. The molecule has 1 fully saturated rings. The van der Waals surface area contributed by atoms with Crippen LogP contribution in [0.15, 0.2) is 55.1 Å². The van der Waals surface area contributed by atoms with Crippen LogP contribution in [0.5, 0.6) is 0 Å². The number of carbonyl (C=O) groups is 3. The van der Waals surface area contributed by atoms with Crippen molar-refractivity contribution in [3.8, 4) is 11.4 Å². The van der Waals surface area contributed by atoms with Gasteiger partial charge in [-0.25, -0.2) is 0 Å². The van der Waals surface area contributed by atoms with Crippen LogP contribution < -0.4 is 5.32 Å². The summed E-state index contributed by atoms with van der Waals surface area (Å²) in [6, 6.07) is 9.02. The lowest BCUT2D eigenvalue weighted by atomic mass is 9.95. The summed E-state index contributed by atoms with van der Waals surface area (Å²) >= 11 is 6.41. The molecule has 4 heterocycles. The largest absolute Gasteiger partial charge is 0.382 e. The second-order valence-electron chi connectivity index (χ2n) is 8.08. The molecular formula is C24H21ClN6O3. The smallest absolute Gasteiger partial charge is 0.290 e. The van der Waals surface area contributed by atoms with Gasteiger partial charge in [0.05, 0.1) is 22.8 Å². The number of hydrogen-bond donors (Lipinski definition) is 1. The first-order chi connectivity index (χ1) is 16.5. The molecule has 1 atom stereocenters. The molecule has 3 aromatic rings. The summed E-state index contributed by atoms with van der Waals surface area (Å²) < 4.78 is 0. The van der Waals surface area contributed by atoms with Crippen molar-refractivity contribution in [2.75, 3.05) is 38.0 Å². The van der Waals surface area contributed by atoms with Gasteiger partial charge in [0.2, 0.25) is 5.78 Å². The number of fused-ring (bicyclic) bond motifs is 1. The number of halogens is 1. The van der Waals surface area contributed by atoms with Crippen LogP contribution in [0.4, 0.5) is 5.69 Å². The normalized spacial score (nSPS) is 17.1. The molecule has 1 saturated heterocycles. The fourth-order valence-corrected chi connectivity index (χ4v) is 4.62. The summed E-state index contributed by atoms with van der Waals surface area (Å²) in [7, 11) is 0. The molecule has 2 amide bonds. The van der Waals surface area contributed by atoms with Gasteiger partial charge in [-0.3, -0.25) is 29.3 Å². The minimum absolute atomic E-state index is 0.0798. The molecule has 1 N–H and O–H groups in total. The molecule has 1 aromatic carbocycles. The van der Waals surface area contributed by atoms with E-state index in [0.29, 0.717) is 59.4 Å². The molecule has 0 saturated carbocycles. The monoisotopic (exact) mass is 476 g/mol. The average molecular weight is 477 g/mol. The van der Waals surface area contributed by atoms with Gasteiger partial charge < -0.3 is 15.1 Å². The second-order valence-corrected chi connectivity index (χ2v) is 8.49. The highest BCUT2D eigenvalue weighted by molar-refractivity contribution is 6.40. The Morgan fingerprint density at radius 1 is 0.941 bits per heavy atom. The van der Waals surface area contributed by atoms with Crippen molar-refractivity contribution < 1.29 is 14.4 Å². The summed E-state index contributed by atoms with van der Waals surface area (Å²) in [6.45, 7) is 1.57. The molecule has 5 rings (SSSR count). The van der Waals surface area contributed by atoms with Crippen LogP contribution in [0.25, 0.3) is 11.4 Å². The first-order valence-corrected chi connectivity index (χ1v) is 11.3. The maximum absolute atomic E-state index is 13.2. The van der Waals surface area contributed by atoms with Crippen LogP contribution in [0, 0.1) is 0 Å². The Kier molecular flexibility index (Phi) is 5.93. The van der Waals surface area contributed by atoms with Gasteiger partial charge in [-0.15, -0.1) is 0 Å². The molecule has 0 aliphatic carbocycles. The van der Waals surface area contributed by atoms with Crippen molar-refractivity contribution >= 4 is 34.9 Å². The zero-order valence-corrected chi connectivity index (χ0v) is 18.9. The van der Waals surface area contributed by atoms with Crippen molar-refractivity contribution in [3.63, 3.8) is 0 Å². The topological polar surface area (TPSA) is 108 Å². The molecule has 172 valence electrons. The average Bonchev–Trinajstić information content (AvgIpc) is 3.35. The minimum Gasteiger partial charge on any atom is -0.382 e. The summed E-state index contributed by atoms with van der Waals surface area (Å²) in [5, 5.41) is 3.49. The molecule has 2 aromatic heterocycles. The Balaban J connectivity index is 1.30. The number of hydrogen-bond acceptors (Lipinski definition) is 7. The zero-order chi connectivity index (χ0) is 23.7. The van der Waals surface area contributed by atoms with E-state index in [9.17, 15) is 14.4 Å². The fraction of sp³-hybridized carbons (Fsp3) is 0.250. The van der Waals surface area contributed by atoms with E-state index in [1.165, 1.54) is 11.1 Å². The first-order valence-electron chi connectivity index (χ1n) is 10.9. The molecular weight excluding hydrogens is 456 g/mol. The van der Waals surface area contributed by atoms with Crippen molar-refractivity contribution in [1.29, 1.82) is 0 Å². The molecule has 2 aliphatic rings. The van der Waals surface area contributed by atoms with Crippen LogP contribution >= 0.6 is 11.6 Å². The number of rotatable bonds is 4. The third-order valence-electron chi connectivity index (χ3n) is 6.11. The summed E-state index contributed by atoms with van der Waals surface area (Å²) in [4.78, 5) is 54.9. The molecule has 1 unspecified atom stereocenters. The first kappa shape index (κ1) is 22.0. The highest BCUT2D eigenvalue weighted by atomic mass is 35.5. The SMILES string of the molecule is O=C(C(=O)N1CCN(C(=O)c2ccccc2)CC1)C1CNc2c(-c3cnccn3)ncc(Cl)c21. The molecule has 0 spiro atoms. The van der Waals surface area contributed by atoms with Gasteiger partial charge in [0, 0.05) is 62.4 Å². The maximum Gasteiger partial charge on any atom is 0.290 e. The molecule has 0 radical (unpaired) electrons. The van der Waals surface area contributed by atoms with E-state index in [2.05, 4.69) is 20.3 Å². The number of benzene rings is 1. The van der Waals surface area contributed by atoms with Crippen LogP contribution in [-0.2, 0) is 9.59 Å². The molecule has 2 aliphatic heterocycles. The highest BCUT2D eigenvalue weighted by Gasteiger charge is 2.39. The molecule has 34 heavy (non-hydrogen) atoms. The number of carbonyl (C=O) groups excluding carboxylic acids is 3. The number of piperazine rings is 1. The summed E-state index contributed by atoms with van der Waals surface area (Å²) in [5.41, 5.74) is 2.82. The quantitative estimate of drug-likeness (QED) is 0.575. The van der Waals surface area contributed by atoms with Crippen LogP contribution in [0.2, 0.25) is 5.02 Å². The fourth-order valence-electron chi connectivity index (χ4n) is 4.35. The molecule has 0 bridgehead atoms. The van der Waals surface area contributed by atoms with Gasteiger partial charge >= 0.3 is 0 Å². The number of nitrogens with zero attached hydrogens (tertiary/aromatic N) is 5. The van der Waals surface area contributed by atoms with E-state index in [1.807, 2.05) is 18.2 Å². The lowest BCUT2D eigenvalue weighted by Crippen LogP contribution is -2.52. The van der Waals surface area contributed by atoms with Crippen molar-refractivity contribution in [2.45, 2.75) is 5.92 Å². The van der Waals surface area contributed by atoms with Crippen molar-refractivity contribution in [1.82, 2.24) is 24.8 Å². The number of anilines is 1. The van der Waals surface area contributed by atoms with E-state index in [1.54, 1.807) is 35.6 Å². The second kappa shape index (κ2) is 9.18. The van der Waals surface area contributed by atoms with Gasteiger partial charge in [0.25, 0.3) is 11.8 Å². The zero-order valence-electron chi connectivity index (χ0n) is 18.1. The number of aromatic nitrogens is 3. The third-order valence-corrected chi connectivity index (χ3v) is 6.41. The Hall–Kier alpha value is -3.85. The van der Waals surface area contributed by atoms with E-state index in [4.69, 9.17) is 11.6 Å².